The van der Waals surface area contributed by atoms with Gasteiger partial charge >= 0.3 is 0 Å². The van der Waals surface area contributed by atoms with Crippen LogP contribution >= 0.6 is 24.8 Å². The van der Waals surface area contributed by atoms with Crippen LogP contribution in [0.15, 0.2) is 18.3 Å². The summed E-state index contributed by atoms with van der Waals surface area (Å²) >= 11 is 0. The van der Waals surface area contributed by atoms with Crippen molar-refractivity contribution in [3.8, 4) is 6.07 Å². The Morgan fingerprint density at radius 1 is 1.33 bits per heavy atom. The van der Waals surface area contributed by atoms with E-state index >= 15 is 0 Å². The standard InChI is InChI=1S/C19H27N5O.2ClH/c1-15-5-6-17(21-13-15)23-10-7-19(2,8-11-23)22-14-18(25)24-9-3-4-16(24)12-20;;/h5-6,13,16,22H,3-4,7-11,14H2,1-2H3;2*1H/t16-;;/m0../s1. The van der Waals surface area contributed by atoms with Gasteiger partial charge in [-0.2, -0.15) is 5.26 Å². The highest BCUT2D eigenvalue weighted by Gasteiger charge is 2.33. The number of pyridine rings is 1. The molecule has 0 aromatic carbocycles. The number of carbonyl (C=O) groups excluding carboxylic acids is 1. The quantitative estimate of drug-likeness (QED) is 0.820. The van der Waals surface area contributed by atoms with Gasteiger partial charge in [0.05, 0.1) is 12.6 Å². The van der Waals surface area contributed by atoms with Gasteiger partial charge in [-0.3, -0.25) is 4.79 Å². The van der Waals surface area contributed by atoms with Crippen molar-refractivity contribution < 1.29 is 4.79 Å². The summed E-state index contributed by atoms with van der Waals surface area (Å²) in [6.07, 6.45) is 5.58. The van der Waals surface area contributed by atoms with Gasteiger partial charge in [-0.25, -0.2) is 4.98 Å². The highest BCUT2D eigenvalue weighted by atomic mass is 35.5. The van der Waals surface area contributed by atoms with Gasteiger partial charge in [0.25, 0.3) is 0 Å². The van der Waals surface area contributed by atoms with Crippen molar-refractivity contribution >= 4 is 36.5 Å². The molecule has 2 fully saturated rings. The number of rotatable bonds is 4. The summed E-state index contributed by atoms with van der Waals surface area (Å²) in [6, 6.07) is 6.16. The van der Waals surface area contributed by atoms with Crippen LogP contribution in [0, 0.1) is 18.3 Å². The molecule has 1 N–H and O–H groups in total. The van der Waals surface area contributed by atoms with Crippen molar-refractivity contribution in [2.75, 3.05) is 31.1 Å². The monoisotopic (exact) mass is 413 g/mol. The Kier molecular flexibility index (Phi) is 8.80. The Balaban J connectivity index is 0.00000182. The number of nitriles is 1. The number of aromatic nitrogens is 1. The number of carbonyl (C=O) groups is 1. The molecule has 2 saturated heterocycles. The molecule has 150 valence electrons. The zero-order valence-corrected chi connectivity index (χ0v) is 17.6. The maximum absolute atomic E-state index is 12.4. The minimum absolute atomic E-state index is 0. The van der Waals surface area contributed by atoms with Crippen LogP contribution in [-0.2, 0) is 4.79 Å². The molecule has 0 aliphatic carbocycles. The van der Waals surface area contributed by atoms with E-state index in [4.69, 9.17) is 5.26 Å². The largest absolute Gasteiger partial charge is 0.356 e. The van der Waals surface area contributed by atoms with E-state index in [0.29, 0.717) is 13.1 Å². The lowest BCUT2D eigenvalue weighted by molar-refractivity contribution is -0.130. The van der Waals surface area contributed by atoms with Gasteiger partial charge in [-0.1, -0.05) is 6.07 Å². The summed E-state index contributed by atoms with van der Waals surface area (Å²) in [4.78, 5) is 20.9. The summed E-state index contributed by atoms with van der Waals surface area (Å²) in [6.45, 7) is 7.12. The van der Waals surface area contributed by atoms with Gasteiger partial charge < -0.3 is 15.1 Å². The van der Waals surface area contributed by atoms with Gasteiger partial charge in [0.2, 0.25) is 5.91 Å². The molecule has 0 radical (unpaired) electrons. The molecule has 3 rings (SSSR count). The highest BCUT2D eigenvalue weighted by Crippen LogP contribution is 2.25. The number of nitrogens with zero attached hydrogens (tertiary/aromatic N) is 4. The molecular weight excluding hydrogens is 385 g/mol. The fourth-order valence-electron chi connectivity index (χ4n) is 3.64. The molecule has 1 aromatic heterocycles. The highest BCUT2D eigenvalue weighted by molar-refractivity contribution is 5.85. The predicted octanol–water partition coefficient (Wildman–Crippen LogP) is 2.70. The number of aryl methyl sites for hydroxylation is 1. The lowest BCUT2D eigenvalue weighted by Crippen LogP contribution is -2.54. The zero-order valence-electron chi connectivity index (χ0n) is 16.0. The lowest BCUT2D eigenvalue weighted by Gasteiger charge is -2.40. The topological polar surface area (TPSA) is 72.3 Å². The van der Waals surface area contributed by atoms with Crippen molar-refractivity contribution in [1.29, 1.82) is 5.26 Å². The van der Waals surface area contributed by atoms with E-state index in [1.165, 1.54) is 5.56 Å². The van der Waals surface area contributed by atoms with Crippen LogP contribution in [0.4, 0.5) is 5.82 Å². The number of hydrogen-bond acceptors (Lipinski definition) is 5. The second-order valence-corrected chi connectivity index (χ2v) is 7.47. The van der Waals surface area contributed by atoms with Crippen molar-refractivity contribution in [1.82, 2.24) is 15.2 Å². The van der Waals surface area contributed by atoms with Gasteiger partial charge in [-0.15, -0.1) is 24.8 Å². The number of halogens is 2. The summed E-state index contributed by atoms with van der Waals surface area (Å²) < 4.78 is 0. The second kappa shape index (κ2) is 10.1. The van der Waals surface area contributed by atoms with Crippen LogP contribution in [0.3, 0.4) is 0 Å². The first-order valence-corrected chi connectivity index (χ1v) is 9.12. The molecule has 8 heteroatoms. The number of amides is 1. The zero-order chi connectivity index (χ0) is 17.9. The molecule has 0 unspecified atom stereocenters. The number of hydrogen-bond donors (Lipinski definition) is 1. The number of piperidine rings is 1. The number of nitrogens with one attached hydrogen (secondary N) is 1. The number of anilines is 1. The Morgan fingerprint density at radius 2 is 2.04 bits per heavy atom. The molecule has 1 atom stereocenters. The minimum Gasteiger partial charge on any atom is -0.356 e. The Hall–Kier alpha value is -1.55. The van der Waals surface area contributed by atoms with E-state index in [0.717, 1.165) is 44.6 Å². The average Bonchev–Trinajstić information content (AvgIpc) is 3.10. The predicted molar refractivity (Wildman–Crippen MR) is 112 cm³/mol. The van der Waals surface area contributed by atoms with Gasteiger partial charge in [0, 0.05) is 31.4 Å². The second-order valence-electron chi connectivity index (χ2n) is 7.47. The van der Waals surface area contributed by atoms with Crippen LogP contribution in [-0.4, -0.2) is 53.6 Å². The SMILES string of the molecule is Cc1ccc(N2CCC(C)(NCC(=O)N3CCC[C@H]3C#N)CC2)nc1.Cl.Cl. The van der Waals surface area contributed by atoms with E-state index in [-0.39, 0.29) is 42.3 Å². The van der Waals surface area contributed by atoms with Crippen LogP contribution in [0.25, 0.3) is 0 Å². The van der Waals surface area contributed by atoms with E-state index in [2.05, 4.69) is 40.3 Å². The molecular formula is C19H29Cl2N5O. The molecule has 3 heterocycles. The van der Waals surface area contributed by atoms with Gasteiger partial charge in [-0.05, 0) is 51.2 Å². The van der Waals surface area contributed by atoms with Crippen LogP contribution in [0.2, 0.25) is 0 Å². The molecule has 0 saturated carbocycles. The Bertz CT molecular complexity index is 653. The smallest absolute Gasteiger partial charge is 0.237 e. The molecule has 27 heavy (non-hydrogen) atoms. The first-order chi connectivity index (χ1) is 12.0. The minimum atomic E-state index is -0.239. The van der Waals surface area contributed by atoms with Crippen LogP contribution < -0.4 is 10.2 Å². The third kappa shape index (κ3) is 5.71. The summed E-state index contributed by atoms with van der Waals surface area (Å²) in [7, 11) is 0. The third-order valence-corrected chi connectivity index (χ3v) is 5.48. The first kappa shape index (κ1) is 23.5. The van der Waals surface area contributed by atoms with Crippen LogP contribution in [0.1, 0.15) is 38.2 Å². The summed E-state index contributed by atoms with van der Waals surface area (Å²) in [5.74, 6) is 1.07. The van der Waals surface area contributed by atoms with Crippen molar-refractivity contribution in [2.24, 2.45) is 0 Å². The van der Waals surface area contributed by atoms with Crippen LogP contribution in [0.5, 0.6) is 0 Å². The molecule has 1 amide bonds. The van der Waals surface area contributed by atoms with Crippen molar-refractivity contribution in [3.63, 3.8) is 0 Å². The fraction of sp³-hybridized carbons (Fsp3) is 0.632. The average molecular weight is 414 g/mol. The van der Waals surface area contributed by atoms with Gasteiger partial charge in [0.15, 0.2) is 0 Å². The van der Waals surface area contributed by atoms with E-state index in [1.54, 1.807) is 4.90 Å². The van der Waals surface area contributed by atoms with Gasteiger partial charge in [0.1, 0.15) is 11.9 Å². The first-order valence-electron chi connectivity index (χ1n) is 9.12. The summed E-state index contributed by atoms with van der Waals surface area (Å²) in [5, 5.41) is 12.6. The van der Waals surface area contributed by atoms with E-state index in [9.17, 15) is 4.79 Å². The molecule has 2 aliphatic rings. The molecule has 2 aliphatic heterocycles. The molecule has 0 spiro atoms. The maximum atomic E-state index is 12.4. The molecule has 1 aromatic rings. The third-order valence-electron chi connectivity index (χ3n) is 5.48. The van der Waals surface area contributed by atoms with E-state index in [1.807, 2.05) is 13.1 Å². The van der Waals surface area contributed by atoms with Crippen molar-refractivity contribution in [2.45, 2.75) is 51.1 Å². The molecule has 0 bridgehead atoms. The maximum Gasteiger partial charge on any atom is 0.237 e. The Labute approximate surface area is 174 Å². The summed E-state index contributed by atoms with van der Waals surface area (Å²) in [5.41, 5.74) is 1.13. The van der Waals surface area contributed by atoms with Crippen molar-refractivity contribution in [3.05, 3.63) is 23.9 Å². The van der Waals surface area contributed by atoms with E-state index < -0.39 is 0 Å². The Morgan fingerprint density at radius 3 is 2.63 bits per heavy atom. The fourth-order valence-corrected chi connectivity index (χ4v) is 3.64. The molecule has 6 nitrogen and oxygen atoms in total. The number of likely N-dealkylation sites (tertiary alicyclic amines) is 1. The normalized spacial score (nSPS) is 21.0. The lowest BCUT2D eigenvalue weighted by atomic mass is 9.89.